The van der Waals surface area contributed by atoms with Gasteiger partial charge in [-0.05, 0) is 50.7 Å². The number of carbonyl (C=O) groups excluding carboxylic acids is 4. The molecule has 226 valence electrons. The number of ether oxygens (including phenoxy) is 3. The number of Topliss-reactive ketones (excluding diaryl/α,β-unsaturated/α-hetero) is 1. The second kappa shape index (κ2) is 10.5. The van der Waals surface area contributed by atoms with Gasteiger partial charge in [-0.1, -0.05) is 45.9 Å². The van der Waals surface area contributed by atoms with Crippen molar-refractivity contribution >= 4 is 23.7 Å². The van der Waals surface area contributed by atoms with Crippen LogP contribution in [0.2, 0.25) is 0 Å². The van der Waals surface area contributed by atoms with E-state index in [1.807, 2.05) is 20.8 Å². The summed E-state index contributed by atoms with van der Waals surface area (Å²) in [7, 11) is 0. The van der Waals surface area contributed by atoms with Gasteiger partial charge in [0.05, 0.1) is 11.5 Å². The molecule has 0 saturated heterocycles. The normalized spacial score (nSPS) is 40.1. The van der Waals surface area contributed by atoms with E-state index in [4.69, 9.17) is 14.2 Å². The van der Waals surface area contributed by atoms with E-state index in [0.29, 0.717) is 23.1 Å². The molecule has 0 aromatic carbocycles. The molecule has 4 aliphatic carbocycles. The fourth-order valence-corrected chi connectivity index (χ4v) is 7.70. The van der Waals surface area contributed by atoms with Crippen LogP contribution in [-0.4, -0.2) is 63.9 Å². The lowest BCUT2D eigenvalue weighted by atomic mass is 9.60. The summed E-state index contributed by atoms with van der Waals surface area (Å²) in [5.41, 5.74) is -4.13. The molecule has 9 atom stereocenters. The zero-order valence-electron chi connectivity index (χ0n) is 25.4. The van der Waals surface area contributed by atoms with Crippen molar-refractivity contribution in [3.8, 4) is 0 Å². The Morgan fingerprint density at radius 3 is 2.41 bits per heavy atom. The molecule has 9 unspecified atom stereocenters. The van der Waals surface area contributed by atoms with E-state index < -0.39 is 63.6 Å². The number of aliphatic hydroxyl groups is 2. The smallest absolute Gasteiger partial charge is 0.333 e. The van der Waals surface area contributed by atoms with Gasteiger partial charge >= 0.3 is 17.9 Å². The summed E-state index contributed by atoms with van der Waals surface area (Å²) in [6, 6.07) is 0. The van der Waals surface area contributed by atoms with Gasteiger partial charge in [0, 0.05) is 42.1 Å². The molecule has 0 aliphatic heterocycles. The highest BCUT2D eigenvalue weighted by Crippen LogP contribution is 2.77. The van der Waals surface area contributed by atoms with Gasteiger partial charge in [-0.3, -0.25) is 14.4 Å². The molecule has 0 aromatic heterocycles. The van der Waals surface area contributed by atoms with Crippen LogP contribution in [-0.2, 0) is 33.4 Å². The lowest BCUT2D eigenvalue weighted by molar-refractivity contribution is -0.189. The fraction of sp³-hybridized carbons (Fsp3) is 0.688. The summed E-state index contributed by atoms with van der Waals surface area (Å²) in [6.45, 7) is 13.5. The molecular formula is C32H44O9. The molecule has 41 heavy (non-hydrogen) atoms. The molecule has 0 amide bonds. The van der Waals surface area contributed by atoms with Crippen LogP contribution < -0.4 is 0 Å². The molecule has 0 heterocycles. The Balaban J connectivity index is 1.86. The van der Waals surface area contributed by atoms with Crippen LogP contribution in [0.1, 0.15) is 74.7 Å². The molecule has 9 nitrogen and oxygen atoms in total. The van der Waals surface area contributed by atoms with E-state index in [0.717, 1.165) is 0 Å². The first kappa shape index (κ1) is 31.2. The van der Waals surface area contributed by atoms with Crippen LogP contribution in [0.25, 0.3) is 0 Å². The van der Waals surface area contributed by atoms with Crippen LogP contribution in [0.4, 0.5) is 0 Å². The van der Waals surface area contributed by atoms with Crippen LogP contribution in [0.3, 0.4) is 0 Å². The Morgan fingerprint density at radius 2 is 1.83 bits per heavy atom. The van der Waals surface area contributed by atoms with E-state index in [2.05, 4.69) is 0 Å². The molecule has 0 bridgehead atoms. The van der Waals surface area contributed by atoms with Crippen molar-refractivity contribution in [1.82, 2.24) is 0 Å². The summed E-state index contributed by atoms with van der Waals surface area (Å²) in [5, 5.41) is 24.6. The van der Waals surface area contributed by atoms with Crippen molar-refractivity contribution in [1.29, 1.82) is 0 Å². The van der Waals surface area contributed by atoms with Crippen molar-refractivity contribution in [2.24, 2.45) is 35.0 Å². The minimum atomic E-state index is -1.91. The second-order valence-electron chi connectivity index (χ2n) is 12.9. The van der Waals surface area contributed by atoms with Crippen molar-refractivity contribution in [2.45, 2.75) is 91.5 Å². The third-order valence-corrected chi connectivity index (χ3v) is 10.5. The lowest BCUT2D eigenvalue weighted by Gasteiger charge is -2.50. The third-order valence-electron chi connectivity index (χ3n) is 10.5. The maximum absolute atomic E-state index is 13.3. The van der Waals surface area contributed by atoms with Gasteiger partial charge in [-0.25, -0.2) is 4.79 Å². The first-order valence-corrected chi connectivity index (χ1v) is 14.6. The number of esters is 3. The molecule has 0 spiro atoms. The van der Waals surface area contributed by atoms with E-state index in [9.17, 15) is 29.4 Å². The average molecular weight is 573 g/mol. The molecule has 2 saturated carbocycles. The number of rotatable bonds is 8. The summed E-state index contributed by atoms with van der Waals surface area (Å²) >= 11 is 0. The first-order chi connectivity index (χ1) is 19.0. The summed E-state index contributed by atoms with van der Waals surface area (Å²) in [6.07, 6.45) is 5.84. The van der Waals surface area contributed by atoms with Crippen LogP contribution in [0.5, 0.6) is 0 Å². The van der Waals surface area contributed by atoms with Gasteiger partial charge in [0.2, 0.25) is 0 Å². The Bertz CT molecular complexity index is 1250. The zero-order valence-corrected chi connectivity index (χ0v) is 25.4. The topological polar surface area (TPSA) is 136 Å². The second-order valence-corrected chi connectivity index (χ2v) is 12.9. The van der Waals surface area contributed by atoms with Crippen molar-refractivity contribution < 1.29 is 43.6 Å². The number of ketones is 1. The van der Waals surface area contributed by atoms with Crippen molar-refractivity contribution in [3.05, 3.63) is 34.9 Å². The maximum Gasteiger partial charge on any atom is 0.333 e. The number of hydrogen-bond donors (Lipinski definition) is 2. The standard InChI is InChI=1S/C32H44O9/c1-9-17(3)27(35)40-16-29(8)25-23-12-22(15-39-21(7)33)14-30(37)24(11-19(5)26(30)34)32(23,38)20(6)13-31(25,29)41-28(36)18(4)10-2/h9,11-12,18,20,23-25,37-38H,10,13-16H2,1-8H3. The molecule has 0 aromatic rings. The predicted octanol–water partition coefficient (Wildman–Crippen LogP) is 3.62. The first-order valence-electron chi connectivity index (χ1n) is 14.6. The van der Waals surface area contributed by atoms with Crippen LogP contribution in [0, 0.1) is 35.0 Å². The number of carbonyl (C=O) groups is 4. The van der Waals surface area contributed by atoms with Gasteiger partial charge in [0.15, 0.2) is 5.78 Å². The highest BCUT2D eigenvalue weighted by atomic mass is 16.6. The van der Waals surface area contributed by atoms with Gasteiger partial charge < -0.3 is 24.4 Å². The fourth-order valence-electron chi connectivity index (χ4n) is 7.70. The Morgan fingerprint density at radius 1 is 1.17 bits per heavy atom. The van der Waals surface area contributed by atoms with Gasteiger partial charge in [-0.2, -0.15) is 0 Å². The molecule has 2 fully saturated rings. The van der Waals surface area contributed by atoms with E-state index in [1.54, 1.807) is 45.9 Å². The Labute approximate surface area is 242 Å². The van der Waals surface area contributed by atoms with Gasteiger partial charge in [-0.15, -0.1) is 0 Å². The van der Waals surface area contributed by atoms with E-state index in [1.165, 1.54) is 6.92 Å². The largest absolute Gasteiger partial charge is 0.462 e. The molecule has 4 rings (SSSR count). The van der Waals surface area contributed by atoms with Crippen molar-refractivity contribution in [2.75, 3.05) is 13.2 Å². The molecular weight excluding hydrogens is 528 g/mol. The highest BCUT2D eigenvalue weighted by Gasteiger charge is 2.85. The highest BCUT2D eigenvalue weighted by molar-refractivity contribution is 6.04. The molecule has 0 radical (unpaired) electrons. The molecule has 2 N–H and O–H groups in total. The summed E-state index contributed by atoms with van der Waals surface area (Å²) in [4.78, 5) is 51.0. The zero-order chi connectivity index (χ0) is 30.7. The minimum Gasteiger partial charge on any atom is -0.462 e. The van der Waals surface area contributed by atoms with Crippen molar-refractivity contribution in [3.63, 3.8) is 0 Å². The minimum absolute atomic E-state index is 0.0510. The quantitative estimate of drug-likeness (QED) is 0.193. The average Bonchev–Trinajstić information content (AvgIpc) is 3.37. The summed E-state index contributed by atoms with van der Waals surface area (Å²) < 4.78 is 17.4. The molecule has 4 aliphatic rings. The number of hydrogen-bond acceptors (Lipinski definition) is 9. The van der Waals surface area contributed by atoms with Crippen LogP contribution >= 0.6 is 0 Å². The van der Waals surface area contributed by atoms with Gasteiger partial charge in [0.25, 0.3) is 0 Å². The molecule has 9 heteroatoms. The van der Waals surface area contributed by atoms with Crippen LogP contribution in [0.15, 0.2) is 34.9 Å². The maximum atomic E-state index is 13.3. The Kier molecular flexibility index (Phi) is 7.97. The SMILES string of the molecule is CC=C(C)C(=O)OCC1(C)C2C3C=C(COC(C)=O)CC4(O)C(=O)C(C)=CC4C3(O)C(C)CC21OC(=O)C(C)CC. The Hall–Kier alpha value is -2.78. The lowest BCUT2D eigenvalue weighted by Crippen LogP contribution is -2.61. The third kappa shape index (κ3) is 4.60. The summed E-state index contributed by atoms with van der Waals surface area (Å²) in [5.74, 6) is -4.85. The van der Waals surface area contributed by atoms with Gasteiger partial charge in [0.1, 0.15) is 24.4 Å². The van der Waals surface area contributed by atoms with E-state index >= 15 is 0 Å². The predicted molar refractivity (Wildman–Crippen MR) is 149 cm³/mol. The number of fused-ring (bicyclic) bond motifs is 5. The monoisotopic (exact) mass is 572 g/mol. The van der Waals surface area contributed by atoms with E-state index in [-0.39, 0.29) is 37.9 Å². The number of allylic oxidation sites excluding steroid dienone is 1.